The Balaban J connectivity index is 1.81. The SMILES string of the molecule is CC(=O)Cc1nc(C)c(-c2csc(Cc3ccccc3)n2)s1. The van der Waals surface area contributed by atoms with E-state index < -0.39 is 0 Å². The van der Waals surface area contributed by atoms with Crippen LogP contribution in [0.1, 0.15) is 28.2 Å². The number of carbonyl (C=O) groups is 1. The van der Waals surface area contributed by atoms with E-state index in [2.05, 4.69) is 22.5 Å². The zero-order chi connectivity index (χ0) is 15.5. The van der Waals surface area contributed by atoms with Gasteiger partial charge in [-0.25, -0.2) is 9.97 Å². The van der Waals surface area contributed by atoms with Gasteiger partial charge in [0, 0.05) is 11.8 Å². The van der Waals surface area contributed by atoms with Gasteiger partial charge in [0.15, 0.2) is 0 Å². The third-order valence-corrected chi connectivity index (χ3v) is 5.25. The fraction of sp³-hybridized carbons (Fsp3) is 0.235. The van der Waals surface area contributed by atoms with Crippen LogP contribution in [-0.2, 0) is 17.6 Å². The summed E-state index contributed by atoms with van der Waals surface area (Å²) >= 11 is 3.24. The van der Waals surface area contributed by atoms with Gasteiger partial charge < -0.3 is 0 Å². The first kappa shape index (κ1) is 15.1. The van der Waals surface area contributed by atoms with Gasteiger partial charge in [0.05, 0.1) is 27.7 Å². The molecule has 0 atom stereocenters. The molecule has 0 fully saturated rings. The van der Waals surface area contributed by atoms with E-state index in [1.165, 1.54) is 5.56 Å². The van der Waals surface area contributed by atoms with Gasteiger partial charge >= 0.3 is 0 Å². The van der Waals surface area contributed by atoms with Crippen LogP contribution in [-0.4, -0.2) is 15.8 Å². The van der Waals surface area contributed by atoms with Crippen LogP contribution in [0.2, 0.25) is 0 Å². The Hall–Kier alpha value is -1.85. The smallest absolute Gasteiger partial charge is 0.136 e. The van der Waals surface area contributed by atoms with Gasteiger partial charge in [0.25, 0.3) is 0 Å². The first-order valence-corrected chi connectivity index (χ1v) is 8.76. The number of thiazole rings is 2. The summed E-state index contributed by atoms with van der Waals surface area (Å²) in [4.78, 5) is 21.5. The first-order valence-electron chi connectivity index (χ1n) is 7.06. The zero-order valence-electron chi connectivity index (χ0n) is 12.5. The third kappa shape index (κ3) is 3.48. The molecule has 5 heteroatoms. The summed E-state index contributed by atoms with van der Waals surface area (Å²) in [5.74, 6) is 0.142. The molecule has 112 valence electrons. The molecule has 0 aliphatic carbocycles. The summed E-state index contributed by atoms with van der Waals surface area (Å²) in [5.41, 5.74) is 3.19. The molecule has 2 aromatic heterocycles. The van der Waals surface area contributed by atoms with E-state index in [9.17, 15) is 4.79 Å². The molecule has 0 N–H and O–H groups in total. The average molecular weight is 328 g/mol. The van der Waals surface area contributed by atoms with Crippen LogP contribution in [0.5, 0.6) is 0 Å². The standard InChI is InChI=1S/C17H16N2OS2/c1-11(20)8-16-18-12(2)17(22-16)14-10-21-15(19-14)9-13-6-4-3-5-7-13/h3-7,10H,8-9H2,1-2H3. The Morgan fingerprint density at radius 1 is 1.14 bits per heavy atom. The van der Waals surface area contributed by atoms with Crippen molar-refractivity contribution in [2.24, 2.45) is 0 Å². The minimum atomic E-state index is 0.142. The number of Topliss-reactive ketones (excluding diaryl/α,β-unsaturated/α-hetero) is 1. The van der Waals surface area contributed by atoms with Gasteiger partial charge in [-0.15, -0.1) is 22.7 Å². The number of benzene rings is 1. The van der Waals surface area contributed by atoms with E-state index in [-0.39, 0.29) is 5.78 Å². The molecular formula is C17H16N2OS2. The Morgan fingerprint density at radius 3 is 2.64 bits per heavy atom. The van der Waals surface area contributed by atoms with Gasteiger partial charge in [-0.05, 0) is 19.4 Å². The van der Waals surface area contributed by atoms with Crippen molar-refractivity contribution in [1.29, 1.82) is 0 Å². The summed E-state index contributed by atoms with van der Waals surface area (Å²) < 4.78 is 0. The first-order chi connectivity index (χ1) is 10.6. The van der Waals surface area contributed by atoms with E-state index in [1.807, 2.05) is 25.1 Å². The molecule has 0 unspecified atom stereocenters. The van der Waals surface area contributed by atoms with Crippen molar-refractivity contribution in [2.45, 2.75) is 26.7 Å². The lowest BCUT2D eigenvalue weighted by Gasteiger charge is -1.96. The minimum absolute atomic E-state index is 0.142. The maximum atomic E-state index is 11.2. The Morgan fingerprint density at radius 2 is 1.91 bits per heavy atom. The van der Waals surface area contributed by atoms with Crippen LogP contribution in [0.15, 0.2) is 35.7 Å². The summed E-state index contributed by atoms with van der Waals surface area (Å²) in [6, 6.07) is 10.3. The number of aromatic nitrogens is 2. The number of nitrogens with zero attached hydrogens (tertiary/aromatic N) is 2. The summed E-state index contributed by atoms with van der Waals surface area (Å²) in [5, 5.41) is 4.05. The maximum Gasteiger partial charge on any atom is 0.136 e. The quantitative estimate of drug-likeness (QED) is 0.701. The number of ketones is 1. The Bertz CT molecular complexity index is 790. The van der Waals surface area contributed by atoms with Crippen molar-refractivity contribution in [3.8, 4) is 10.6 Å². The van der Waals surface area contributed by atoms with Crippen molar-refractivity contribution >= 4 is 28.5 Å². The molecule has 2 heterocycles. The highest BCUT2D eigenvalue weighted by atomic mass is 32.1. The van der Waals surface area contributed by atoms with Crippen LogP contribution in [0, 0.1) is 6.92 Å². The Kier molecular flexibility index (Phi) is 4.45. The molecule has 22 heavy (non-hydrogen) atoms. The highest BCUT2D eigenvalue weighted by molar-refractivity contribution is 7.16. The molecule has 0 spiro atoms. The lowest BCUT2D eigenvalue weighted by molar-refractivity contribution is -0.116. The topological polar surface area (TPSA) is 42.9 Å². The van der Waals surface area contributed by atoms with Crippen LogP contribution < -0.4 is 0 Å². The van der Waals surface area contributed by atoms with E-state index in [4.69, 9.17) is 4.98 Å². The molecule has 3 nitrogen and oxygen atoms in total. The highest BCUT2D eigenvalue weighted by Crippen LogP contribution is 2.31. The minimum Gasteiger partial charge on any atom is -0.300 e. The molecule has 0 amide bonds. The van der Waals surface area contributed by atoms with Crippen LogP contribution in [0.4, 0.5) is 0 Å². The number of hydrogen-bond donors (Lipinski definition) is 0. The summed E-state index contributed by atoms with van der Waals surface area (Å²) in [6.45, 7) is 3.57. The van der Waals surface area contributed by atoms with Gasteiger partial charge in [0.2, 0.25) is 0 Å². The molecule has 0 bridgehead atoms. The van der Waals surface area contributed by atoms with Gasteiger partial charge in [-0.3, -0.25) is 4.79 Å². The molecule has 3 rings (SSSR count). The van der Waals surface area contributed by atoms with Crippen LogP contribution in [0.3, 0.4) is 0 Å². The molecule has 0 radical (unpaired) electrons. The second-order valence-corrected chi connectivity index (χ2v) is 7.22. The number of hydrogen-bond acceptors (Lipinski definition) is 5. The second kappa shape index (κ2) is 6.50. The van der Waals surface area contributed by atoms with Crippen molar-refractivity contribution in [1.82, 2.24) is 9.97 Å². The molecule has 0 saturated heterocycles. The predicted octanol–water partition coefficient (Wildman–Crippen LogP) is 4.30. The van der Waals surface area contributed by atoms with E-state index >= 15 is 0 Å². The van der Waals surface area contributed by atoms with Gasteiger partial charge in [-0.2, -0.15) is 0 Å². The lowest BCUT2D eigenvalue weighted by Crippen LogP contribution is -1.94. The fourth-order valence-electron chi connectivity index (χ4n) is 2.25. The van der Waals surface area contributed by atoms with Crippen LogP contribution >= 0.6 is 22.7 Å². The van der Waals surface area contributed by atoms with E-state index in [1.54, 1.807) is 29.6 Å². The third-order valence-electron chi connectivity index (χ3n) is 3.22. The molecule has 3 aromatic rings. The van der Waals surface area contributed by atoms with Crippen LogP contribution in [0.25, 0.3) is 10.6 Å². The van der Waals surface area contributed by atoms with E-state index in [0.29, 0.717) is 6.42 Å². The van der Waals surface area contributed by atoms with Gasteiger partial charge in [-0.1, -0.05) is 30.3 Å². The second-order valence-electron chi connectivity index (χ2n) is 5.19. The lowest BCUT2D eigenvalue weighted by atomic mass is 10.2. The maximum absolute atomic E-state index is 11.2. The normalized spacial score (nSPS) is 10.8. The van der Waals surface area contributed by atoms with Crippen molar-refractivity contribution in [3.63, 3.8) is 0 Å². The summed E-state index contributed by atoms with van der Waals surface area (Å²) in [7, 11) is 0. The number of aryl methyl sites for hydroxylation is 1. The molecule has 1 aromatic carbocycles. The van der Waals surface area contributed by atoms with Crippen molar-refractivity contribution < 1.29 is 4.79 Å². The molecular weight excluding hydrogens is 312 g/mol. The van der Waals surface area contributed by atoms with Gasteiger partial charge in [0.1, 0.15) is 10.8 Å². The largest absolute Gasteiger partial charge is 0.300 e. The van der Waals surface area contributed by atoms with Crippen molar-refractivity contribution in [2.75, 3.05) is 0 Å². The highest BCUT2D eigenvalue weighted by Gasteiger charge is 2.14. The Labute approximate surface area is 137 Å². The summed E-state index contributed by atoms with van der Waals surface area (Å²) in [6.07, 6.45) is 1.26. The average Bonchev–Trinajstić information content (AvgIpc) is 3.06. The predicted molar refractivity (Wildman–Crippen MR) is 91.6 cm³/mol. The monoisotopic (exact) mass is 328 g/mol. The molecule has 0 aliphatic heterocycles. The molecule has 0 saturated carbocycles. The van der Waals surface area contributed by atoms with E-state index in [0.717, 1.165) is 32.7 Å². The number of rotatable bonds is 5. The zero-order valence-corrected chi connectivity index (χ0v) is 14.1. The fourth-order valence-corrected chi connectivity index (χ4v) is 4.24. The van der Waals surface area contributed by atoms with Crippen molar-refractivity contribution in [3.05, 3.63) is 57.0 Å². The number of carbonyl (C=O) groups excluding carboxylic acids is 1. The molecule has 0 aliphatic rings.